The molecule has 22 heavy (non-hydrogen) atoms. The predicted molar refractivity (Wildman–Crippen MR) is 82.5 cm³/mol. The number of non-ortho nitro benzene ring substituents is 1. The normalized spacial score (nSPS) is 20.3. The van der Waals surface area contributed by atoms with Crippen LogP contribution in [0.3, 0.4) is 0 Å². The summed E-state index contributed by atoms with van der Waals surface area (Å²) < 4.78 is 0. The Morgan fingerprint density at radius 1 is 1.32 bits per heavy atom. The minimum atomic E-state index is -0.425. The molecule has 0 aliphatic carbocycles. The fourth-order valence-corrected chi connectivity index (χ4v) is 3.52. The lowest BCUT2D eigenvalue weighted by Crippen LogP contribution is -2.44. The Bertz CT molecular complexity index is 572. The third-order valence-corrected chi connectivity index (χ3v) is 4.99. The molecule has 118 valence electrons. The van der Waals surface area contributed by atoms with E-state index in [0.29, 0.717) is 11.0 Å². The van der Waals surface area contributed by atoms with Gasteiger partial charge in [-0.15, -0.1) is 0 Å². The number of piperidine rings is 1. The molecule has 2 aliphatic rings. The average molecular weight is 303 g/mol. The van der Waals surface area contributed by atoms with Gasteiger partial charge in [0.25, 0.3) is 5.69 Å². The smallest absolute Gasteiger partial charge is 0.269 e. The van der Waals surface area contributed by atoms with Crippen LogP contribution in [0.2, 0.25) is 0 Å². The van der Waals surface area contributed by atoms with E-state index in [1.54, 1.807) is 12.1 Å². The van der Waals surface area contributed by atoms with Crippen LogP contribution in [0.4, 0.5) is 5.69 Å². The topological polar surface area (TPSA) is 75.5 Å². The van der Waals surface area contributed by atoms with E-state index >= 15 is 0 Å². The zero-order chi connectivity index (χ0) is 15.6. The highest BCUT2D eigenvalue weighted by atomic mass is 16.6. The monoisotopic (exact) mass is 303 g/mol. The molecule has 1 amide bonds. The molecule has 6 heteroatoms. The summed E-state index contributed by atoms with van der Waals surface area (Å²) in [5.74, 6) is 0.0707. The molecular formula is C16H21N3O3. The van der Waals surface area contributed by atoms with Crippen LogP contribution in [0.15, 0.2) is 24.3 Å². The van der Waals surface area contributed by atoms with Gasteiger partial charge in [0, 0.05) is 31.8 Å². The highest BCUT2D eigenvalue weighted by Crippen LogP contribution is 2.37. The SMILES string of the molecule is O=C(Cc1cccc([N+](=O)[O-])c1)N1CCC2(CCNC2)CC1. The van der Waals surface area contributed by atoms with Gasteiger partial charge in [0.1, 0.15) is 0 Å². The molecular weight excluding hydrogens is 282 g/mol. The largest absolute Gasteiger partial charge is 0.342 e. The van der Waals surface area contributed by atoms with Crippen LogP contribution in [0, 0.1) is 15.5 Å². The molecule has 2 heterocycles. The summed E-state index contributed by atoms with van der Waals surface area (Å²) in [4.78, 5) is 24.7. The summed E-state index contributed by atoms with van der Waals surface area (Å²) >= 11 is 0. The lowest BCUT2D eigenvalue weighted by molar-refractivity contribution is -0.384. The molecule has 0 bridgehead atoms. The lowest BCUT2D eigenvalue weighted by Gasteiger charge is -2.39. The van der Waals surface area contributed by atoms with Gasteiger partial charge in [0.15, 0.2) is 0 Å². The lowest BCUT2D eigenvalue weighted by atomic mass is 9.78. The van der Waals surface area contributed by atoms with Crippen LogP contribution >= 0.6 is 0 Å². The highest BCUT2D eigenvalue weighted by Gasteiger charge is 2.37. The second-order valence-corrected chi connectivity index (χ2v) is 6.41. The minimum Gasteiger partial charge on any atom is -0.342 e. The van der Waals surface area contributed by atoms with E-state index in [9.17, 15) is 14.9 Å². The van der Waals surface area contributed by atoms with Crippen molar-refractivity contribution in [3.63, 3.8) is 0 Å². The maximum absolute atomic E-state index is 12.4. The van der Waals surface area contributed by atoms with Crippen LogP contribution in [0.1, 0.15) is 24.8 Å². The molecule has 3 rings (SSSR count). The molecule has 6 nitrogen and oxygen atoms in total. The fourth-order valence-electron chi connectivity index (χ4n) is 3.52. The van der Waals surface area contributed by atoms with Crippen LogP contribution in [-0.4, -0.2) is 41.9 Å². The molecule has 1 aromatic carbocycles. The Balaban J connectivity index is 1.58. The number of hydrogen-bond acceptors (Lipinski definition) is 4. The molecule has 1 N–H and O–H groups in total. The predicted octanol–water partition coefficient (Wildman–Crippen LogP) is 1.74. The first-order chi connectivity index (χ1) is 10.6. The Kier molecular flexibility index (Phi) is 4.11. The van der Waals surface area contributed by atoms with E-state index in [1.807, 2.05) is 4.90 Å². The first-order valence-corrected chi connectivity index (χ1v) is 7.80. The zero-order valence-electron chi connectivity index (χ0n) is 12.6. The fraction of sp³-hybridized carbons (Fsp3) is 0.562. The number of amides is 1. The molecule has 0 saturated carbocycles. The number of rotatable bonds is 3. The molecule has 0 unspecified atom stereocenters. The molecule has 0 atom stereocenters. The summed E-state index contributed by atoms with van der Waals surface area (Å²) in [6, 6.07) is 6.35. The van der Waals surface area contributed by atoms with E-state index in [1.165, 1.54) is 18.6 Å². The van der Waals surface area contributed by atoms with E-state index in [4.69, 9.17) is 0 Å². The van der Waals surface area contributed by atoms with Crippen molar-refractivity contribution in [2.75, 3.05) is 26.2 Å². The van der Waals surface area contributed by atoms with Crippen molar-refractivity contribution in [3.8, 4) is 0 Å². The van der Waals surface area contributed by atoms with Gasteiger partial charge in [-0.3, -0.25) is 14.9 Å². The standard InChI is InChI=1S/C16H21N3O3/c20-15(11-13-2-1-3-14(10-13)19(21)22)18-8-5-16(6-9-18)4-7-17-12-16/h1-3,10,17H,4-9,11-12H2. The van der Waals surface area contributed by atoms with Gasteiger partial charge in [-0.05, 0) is 36.8 Å². The molecule has 2 aliphatic heterocycles. The number of carbonyl (C=O) groups excluding carboxylic acids is 1. The van der Waals surface area contributed by atoms with Crippen LogP contribution in [0.25, 0.3) is 0 Å². The molecule has 2 fully saturated rings. The average Bonchev–Trinajstić information content (AvgIpc) is 2.96. The van der Waals surface area contributed by atoms with Crippen LogP contribution in [0.5, 0.6) is 0 Å². The summed E-state index contributed by atoms with van der Waals surface area (Å²) in [7, 11) is 0. The summed E-state index contributed by atoms with van der Waals surface area (Å²) in [6.45, 7) is 3.76. The summed E-state index contributed by atoms with van der Waals surface area (Å²) in [6.07, 6.45) is 3.56. The van der Waals surface area contributed by atoms with Gasteiger partial charge in [-0.2, -0.15) is 0 Å². The Morgan fingerprint density at radius 3 is 2.73 bits per heavy atom. The van der Waals surface area contributed by atoms with E-state index in [2.05, 4.69) is 5.32 Å². The maximum atomic E-state index is 12.4. The third kappa shape index (κ3) is 3.11. The summed E-state index contributed by atoms with van der Waals surface area (Å²) in [5, 5.41) is 14.2. The second-order valence-electron chi connectivity index (χ2n) is 6.41. The van der Waals surface area contributed by atoms with Crippen molar-refractivity contribution in [1.29, 1.82) is 0 Å². The quantitative estimate of drug-likeness (QED) is 0.681. The number of nitro benzene ring substituents is 1. The van der Waals surface area contributed by atoms with Crippen LogP contribution in [-0.2, 0) is 11.2 Å². The molecule has 1 aromatic rings. The molecule has 0 aromatic heterocycles. The van der Waals surface area contributed by atoms with Crippen LogP contribution < -0.4 is 5.32 Å². The number of likely N-dealkylation sites (tertiary alicyclic amines) is 1. The maximum Gasteiger partial charge on any atom is 0.269 e. The first-order valence-electron chi connectivity index (χ1n) is 7.80. The number of nitro groups is 1. The molecule has 2 saturated heterocycles. The van der Waals surface area contributed by atoms with Gasteiger partial charge >= 0.3 is 0 Å². The number of nitrogens with zero attached hydrogens (tertiary/aromatic N) is 2. The van der Waals surface area contributed by atoms with Gasteiger partial charge in [-0.25, -0.2) is 0 Å². The second kappa shape index (κ2) is 6.04. The van der Waals surface area contributed by atoms with Gasteiger partial charge < -0.3 is 10.2 Å². The Labute approximate surface area is 129 Å². The van der Waals surface area contributed by atoms with Gasteiger partial charge in [0.05, 0.1) is 11.3 Å². The van der Waals surface area contributed by atoms with E-state index in [-0.39, 0.29) is 18.0 Å². The zero-order valence-corrected chi connectivity index (χ0v) is 12.6. The summed E-state index contributed by atoms with van der Waals surface area (Å²) in [5.41, 5.74) is 1.14. The van der Waals surface area contributed by atoms with Crippen molar-refractivity contribution in [1.82, 2.24) is 10.2 Å². The number of carbonyl (C=O) groups is 1. The number of hydrogen-bond donors (Lipinski definition) is 1. The van der Waals surface area contributed by atoms with Crippen molar-refractivity contribution >= 4 is 11.6 Å². The minimum absolute atomic E-state index is 0.0416. The Morgan fingerprint density at radius 2 is 2.09 bits per heavy atom. The number of nitrogens with one attached hydrogen (secondary N) is 1. The van der Waals surface area contributed by atoms with Crippen molar-refractivity contribution in [2.24, 2.45) is 5.41 Å². The third-order valence-electron chi connectivity index (χ3n) is 4.99. The van der Waals surface area contributed by atoms with Gasteiger partial charge in [0.2, 0.25) is 5.91 Å². The van der Waals surface area contributed by atoms with Crippen molar-refractivity contribution < 1.29 is 9.72 Å². The highest BCUT2D eigenvalue weighted by molar-refractivity contribution is 5.79. The first kappa shape index (κ1) is 15.0. The van der Waals surface area contributed by atoms with E-state index in [0.717, 1.165) is 39.0 Å². The number of benzene rings is 1. The van der Waals surface area contributed by atoms with E-state index < -0.39 is 4.92 Å². The van der Waals surface area contributed by atoms with Gasteiger partial charge in [-0.1, -0.05) is 12.1 Å². The molecule has 1 spiro atoms. The van der Waals surface area contributed by atoms with Crippen molar-refractivity contribution in [2.45, 2.75) is 25.7 Å². The van der Waals surface area contributed by atoms with Crippen molar-refractivity contribution in [3.05, 3.63) is 39.9 Å². The Hall–Kier alpha value is -1.95. The molecule has 0 radical (unpaired) electrons.